The first kappa shape index (κ1) is 23.7. The van der Waals surface area contributed by atoms with Gasteiger partial charge in [-0.05, 0) is 65.6 Å². The number of rotatable bonds is 4. The summed E-state index contributed by atoms with van der Waals surface area (Å²) in [4.78, 5) is 0. The molecule has 0 bridgehead atoms. The topological polar surface area (TPSA) is 47.6 Å². The molecule has 0 aliphatic carbocycles. The van der Waals surface area contributed by atoms with Gasteiger partial charge < -0.3 is 9.31 Å². The predicted molar refractivity (Wildman–Crippen MR) is 107 cm³/mol. The molecule has 1 saturated heterocycles. The second-order valence-electron chi connectivity index (χ2n) is 8.84. The number of nitrogens with one attached hydrogen (secondary N) is 1. The predicted octanol–water partition coefficient (Wildman–Crippen LogP) is 4.29. The van der Waals surface area contributed by atoms with Gasteiger partial charge in [-0.3, -0.25) is 0 Å². The zero-order valence-electron chi connectivity index (χ0n) is 17.0. The Morgan fingerprint density at radius 2 is 1.61 bits per heavy atom. The quantitative estimate of drug-likeness (QED) is 0.712. The Labute approximate surface area is 172 Å². The van der Waals surface area contributed by atoms with Crippen molar-refractivity contribution in [1.29, 1.82) is 0 Å². The van der Waals surface area contributed by atoms with Crippen LogP contribution in [0.3, 0.4) is 0 Å². The molecule has 1 aliphatic rings. The molecule has 1 N–H and O–H groups in total. The summed E-state index contributed by atoms with van der Waals surface area (Å²) in [6, 6.07) is 2.00. The first-order valence-corrected chi connectivity index (χ1v) is 10.4. The fourth-order valence-electron chi connectivity index (χ4n) is 2.49. The summed E-state index contributed by atoms with van der Waals surface area (Å²) in [6.45, 7) is 12.3. The molecule has 0 spiro atoms. The molecule has 0 aromatic heterocycles. The second-order valence-corrected chi connectivity index (χ2v) is 11.2. The third kappa shape index (κ3) is 4.93. The van der Waals surface area contributed by atoms with E-state index in [1.54, 1.807) is 20.8 Å². The van der Waals surface area contributed by atoms with Gasteiger partial charge in [-0.1, -0.05) is 23.7 Å². The minimum atomic E-state index is -4.67. The highest BCUT2D eigenvalue weighted by Crippen LogP contribution is 2.39. The Balaban J connectivity index is 2.35. The van der Waals surface area contributed by atoms with Crippen molar-refractivity contribution in [2.24, 2.45) is 0 Å². The van der Waals surface area contributed by atoms with Crippen molar-refractivity contribution in [2.45, 2.75) is 76.6 Å². The molecule has 2 atom stereocenters. The zero-order valence-corrected chi connectivity index (χ0v) is 18.6. The highest BCUT2D eigenvalue weighted by molar-refractivity contribution is 7.84. The molecule has 2 rings (SSSR count). The van der Waals surface area contributed by atoms with Crippen molar-refractivity contribution in [3.05, 3.63) is 28.8 Å². The third-order valence-electron chi connectivity index (χ3n) is 4.97. The van der Waals surface area contributed by atoms with Crippen LogP contribution in [0.2, 0.25) is 5.02 Å². The number of hydrogen-bond donors (Lipinski definition) is 1. The maximum Gasteiger partial charge on any atom is 0.494 e. The Kier molecular flexibility index (Phi) is 6.41. The van der Waals surface area contributed by atoms with Gasteiger partial charge in [0.15, 0.2) is 0 Å². The van der Waals surface area contributed by atoms with Crippen LogP contribution in [0.25, 0.3) is 0 Å². The van der Waals surface area contributed by atoms with Crippen molar-refractivity contribution in [2.75, 3.05) is 0 Å². The van der Waals surface area contributed by atoms with Crippen LogP contribution < -0.4 is 10.2 Å². The standard InChI is InChI=1S/C18H26BClF3NO3S/c1-15(2,3)28(25)24-14(18(21,22)23)12-9-8-11(10-13(12)20)19-26-16(4,5)17(6,7)27-19/h8-10,14,24H,1-7H3/t14-,28?/m1/s1. The van der Waals surface area contributed by atoms with Crippen LogP contribution in [-0.2, 0) is 20.3 Å². The lowest BCUT2D eigenvalue weighted by molar-refractivity contribution is -0.152. The van der Waals surface area contributed by atoms with Crippen LogP contribution in [0.15, 0.2) is 18.2 Å². The molecule has 4 nitrogen and oxygen atoms in total. The average molecular weight is 440 g/mol. The molecule has 1 fully saturated rings. The average Bonchev–Trinajstić information content (AvgIpc) is 2.71. The summed E-state index contributed by atoms with van der Waals surface area (Å²) in [5.41, 5.74) is -0.845. The van der Waals surface area contributed by atoms with E-state index in [1.807, 2.05) is 27.7 Å². The van der Waals surface area contributed by atoms with E-state index in [4.69, 9.17) is 20.9 Å². The van der Waals surface area contributed by atoms with Crippen molar-refractivity contribution >= 4 is 35.2 Å². The van der Waals surface area contributed by atoms with Gasteiger partial charge in [-0.2, -0.15) is 13.2 Å². The smallest absolute Gasteiger partial charge is 0.399 e. The Hall–Kier alpha value is -0.605. The first-order valence-electron chi connectivity index (χ1n) is 8.85. The molecule has 0 radical (unpaired) electrons. The van der Waals surface area contributed by atoms with E-state index < -0.39 is 46.3 Å². The lowest BCUT2D eigenvalue weighted by Crippen LogP contribution is -2.42. The van der Waals surface area contributed by atoms with Crippen LogP contribution in [0, 0.1) is 0 Å². The fourth-order valence-corrected chi connectivity index (χ4v) is 3.62. The summed E-state index contributed by atoms with van der Waals surface area (Å²) < 4.78 is 66.3. The Bertz CT molecular complexity index is 749. The lowest BCUT2D eigenvalue weighted by atomic mass is 9.78. The van der Waals surface area contributed by atoms with Gasteiger partial charge in [0, 0.05) is 5.02 Å². The van der Waals surface area contributed by atoms with Gasteiger partial charge in [0.2, 0.25) is 0 Å². The van der Waals surface area contributed by atoms with E-state index in [1.165, 1.54) is 18.2 Å². The van der Waals surface area contributed by atoms with Crippen molar-refractivity contribution in [3.63, 3.8) is 0 Å². The van der Waals surface area contributed by atoms with Crippen LogP contribution in [0.4, 0.5) is 13.2 Å². The molecule has 1 unspecified atom stereocenters. The van der Waals surface area contributed by atoms with Gasteiger partial charge in [-0.25, -0.2) is 8.93 Å². The fraction of sp³-hybridized carbons (Fsp3) is 0.667. The lowest BCUT2D eigenvalue weighted by Gasteiger charge is -2.32. The van der Waals surface area contributed by atoms with Crippen molar-refractivity contribution in [1.82, 2.24) is 4.72 Å². The van der Waals surface area contributed by atoms with E-state index in [-0.39, 0.29) is 10.6 Å². The molecule has 1 heterocycles. The van der Waals surface area contributed by atoms with E-state index in [2.05, 4.69) is 4.72 Å². The zero-order chi connectivity index (χ0) is 21.7. The molecule has 158 valence electrons. The normalized spacial score (nSPS) is 21.6. The molecule has 1 aliphatic heterocycles. The third-order valence-corrected chi connectivity index (χ3v) is 6.86. The largest absolute Gasteiger partial charge is 0.494 e. The molecule has 0 amide bonds. The van der Waals surface area contributed by atoms with E-state index >= 15 is 0 Å². The van der Waals surface area contributed by atoms with E-state index in [0.717, 1.165) is 0 Å². The van der Waals surface area contributed by atoms with Gasteiger partial charge >= 0.3 is 13.3 Å². The molecule has 1 aromatic carbocycles. The SMILES string of the molecule is CC(C)(C)S(=O)N[C@H](c1ccc(B2OC(C)(C)C(C)(C)O2)cc1Cl)C(F)(F)F. The van der Waals surface area contributed by atoms with Crippen molar-refractivity contribution < 1.29 is 26.7 Å². The van der Waals surface area contributed by atoms with Crippen molar-refractivity contribution in [3.8, 4) is 0 Å². The summed E-state index contributed by atoms with van der Waals surface area (Å²) in [7, 11) is -2.67. The summed E-state index contributed by atoms with van der Waals surface area (Å²) in [5.74, 6) is 0. The van der Waals surface area contributed by atoms with Crippen LogP contribution >= 0.6 is 11.6 Å². The van der Waals surface area contributed by atoms with Gasteiger partial charge in [-0.15, -0.1) is 0 Å². The number of hydrogen-bond acceptors (Lipinski definition) is 3. The number of alkyl halides is 3. The molecular weight excluding hydrogens is 414 g/mol. The minimum absolute atomic E-state index is 0.104. The van der Waals surface area contributed by atoms with Crippen LogP contribution in [0.5, 0.6) is 0 Å². The van der Waals surface area contributed by atoms with Gasteiger partial charge in [0.05, 0.1) is 26.9 Å². The van der Waals surface area contributed by atoms with Gasteiger partial charge in [0.1, 0.15) is 6.04 Å². The van der Waals surface area contributed by atoms with Gasteiger partial charge in [0.25, 0.3) is 0 Å². The van der Waals surface area contributed by atoms with E-state index in [9.17, 15) is 17.4 Å². The maximum atomic E-state index is 13.6. The molecule has 0 saturated carbocycles. The highest BCUT2D eigenvalue weighted by Gasteiger charge is 2.52. The maximum absolute atomic E-state index is 13.6. The van der Waals surface area contributed by atoms with Crippen LogP contribution in [-0.4, -0.2) is 33.5 Å². The molecule has 1 aromatic rings. The summed E-state index contributed by atoms with van der Waals surface area (Å²) >= 11 is 6.20. The Morgan fingerprint density at radius 1 is 1.11 bits per heavy atom. The van der Waals surface area contributed by atoms with Crippen LogP contribution in [0.1, 0.15) is 60.1 Å². The summed E-state index contributed by atoms with van der Waals surface area (Å²) in [5, 5.41) is -0.104. The minimum Gasteiger partial charge on any atom is -0.399 e. The van der Waals surface area contributed by atoms with E-state index in [0.29, 0.717) is 5.46 Å². The summed E-state index contributed by atoms with van der Waals surface area (Å²) in [6.07, 6.45) is -4.67. The Morgan fingerprint density at radius 3 is 2.00 bits per heavy atom. The molecular formula is C18H26BClF3NO3S. The number of benzene rings is 1. The number of halogens is 4. The second kappa shape index (κ2) is 7.58. The molecule has 10 heteroatoms. The molecule has 28 heavy (non-hydrogen) atoms. The highest BCUT2D eigenvalue weighted by atomic mass is 35.5. The monoisotopic (exact) mass is 439 g/mol. The first-order chi connectivity index (χ1) is 12.5.